The first kappa shape index (κ1) is 25.1. The SMILES string of the molecule is Cc1cc([C@@H](C)O[C@H]2CN3C(=O)C=C(c4nc(C)no4)CC3[C@@H]2c2ccc(F)cc2)cc(C(F)(F)F)c1. The van der Waals surface area contributed by atoms with Gasteiger partial charge in [-0.15, -0.1) is 0 Å². The van der Waals surface area contributed by atoms with Crippen LogP contribution in [0.5, 0.6) is 0 Å². The highest BCUT2D eigenvalue weighted by Crippen LogP contribution is 2.44. The minimum Gasteiger partial charge on any atom is -0.368 e. The summed E-state index contributed by atoms with van der Waals surface area (Å²) < 4.78 is 65.6. The number of carbonyl (C=O) groups excluding carboxylic acids is 1. The Balaban J connectivity index is 1.47. The number of benzene rings is 2. The standard InChI is InChI=1S/C27H25F4N3O3/c1-14-8-18(10-20(9-14)27(29,30)31)15(2)36-23-13-34-22(25(23)17-4-6-21(28)7-5-17)11-19(12-24(34)35)26-32-16(3)33-37-26/h4-10,12,15,22-23,25H,11,13H2,1-3H3/t15-,22?,23+,25+/m1/s1. The van der Waals surface area contributed by atoms with E-state index in [1.165, 1.54) is 18.2 Å². The molecule has 2 aliphatic rings. The fourth-order valence-electron chi connectivity index (χ4n) is 5.27. The van der Waals surface area contributed by atoms with E-state index in [1.54, 1.807) is 43.9 Å². The molecule has 1 amide bonds. The maximum atomic E-state index is 13.7. The zero-order valence-electron chi connectivity index (χ0n) is 20.4. The molecule has 3 aromatic rings. The molecule has 10 heteroatoms. The monoisotopic (exact) mass is 515 g/mol. The van der Waals surface area contributed by atoms with E-state index in [0.717, 1.165) is 17.7 Å². The second-order valence-corrected chi connectivity index (χ2v) is 9.60. The lowest BCUT2D eigenvalue weighted by Crippen LogP contribution is -2.39. The Hall–Kier alpha value is -3.53. The third-order valence-electron chi connectivity index (χ3n) is 6.93. The summed E-state index contributed by atoms with van der Waals surface area (Å²) >= 11 is 0. The van der Waals surface area contributed by atoms with Crippen molar-refractivity contribution in [3.63, 3.8) is 0 Å². The molecule has 1 fully saturated rings. The van der Waals surface area contributed by atoms with Gasteiger partial charge in [0.25, 0.3) is 5.89 Å². The number of aryl methyl sites for hydroxylation is 2. The van der Waals surface area contributed by atoms with Gasteiger partial charge in [-0.25, -0.2) is 4.39 Å². The molecule has 5 rings (SSSR count). The first-order valence-electron chi connectivity index (χ1n) is 11.9. The summed E-state index contributed by atoms with van der Waals surface area (Å²) in [4.78, 5) is 19.1. The predicted molar refractivity (Wildman–Crippen MR) is 126 cm³/mol. The first-order chi connectivity index (χ1) is 17.5. The number of nitrogens with zero attached hydrogens (tertiary/aromatic N) is 3. The van der Waals surface area contributed by atoms with Crippen LogP contribution in [0, 0.1) is 19.7 Å². The second-order valence-electron chi connectivity index (χ2n) is 9.60. The molecular formula is C27H25F4N3O3. The van der Waals surface area contributed by atoms with Gasteiger partial charge in [0.15, 0.2) is 5.82 Å². The van der Waals surface area contributed by atoms with Crippen LogP contribution in [0.15, 0.2) is 53.1 Å². The van der Waals surface area contributed by atoms with Crippen molar-refractivity contribution in [3.8, 4) is 0 Å². The molecule has 0 aliphatic carbocycles. The van der Waals surface area contributed by atoms with Gasteiger partial charge in [0.05, 0.1) is 17.8 Å². The van der Waals surface area contributed by atoms with Gasteiger partial charge < -0.3 is 14.2 Å². The quantitative estimate of drug-likeness (QED) is 0.404. The Morgan fingerprint density at radius 3 is 2.51 bits per heavy atom. The average molecular weight is 516 g/mol. The minimum atomic E-state index is -4.48. The number of hydrogen-bond acceptors (Lipinski definition) is 5. The summed E-state index contributed by atoms with van der Waals surface area (Å²) in [6.07, 6.45) is -3.83. The maximum absolute atomic E-state index is 13.7. The molecule has 0 spiro atoms. The largest absolute Gasteiger partial charge is 0.416 e. The van der Waals surface area contributed by atoms with Crippen molar-refractivity contribution >= 4 is 11.5 Å². The molecule has 0 N–H and O–H groups in total. The van der Waals surface area contributed by atoms with Crippen molar-refractivity contribution in [1.82, 2.24) is 15.0 Å². The number of ether oxygens (including phenoxy) is 1. The topological polar surface area (TPSA) is 68.5 Å². The molecule has 37 heavy (non-hydrogen) atoms. The molecule has 1 unspecified atom stereocenters. The number of rotatable bonds is 5. The van der Waals surface area contributed by atoms with Crippen molar-refractivity contribution in [2.24, 2.45) is 0 Å². The highest BCUT2D eigenvalue weighted by atomic mass is 19.4. The Labute approximate surface area is 210 Å². The first-order valence-corrected chi connectivity index (χ1v) is 11.9. The lowest BCUT2D eigenvalue weighted by atomic mass is 9.85. The number of fused-ring (bicyclic) bond motifs is 1. The van der Waals surface area contributed by atoms with Crippen LogP contribution in [-0.2, 0) is 15.7 Å². The molecule has 1 aromatic heterocycles. The summed E-state index contributed by atoms with van der Waals surface area (Å²) in [6.45, 7) is 5.22. The Morgan fingerprint density at radius 2 is 1.86 bits per heavy atom. The third kappa shape index (κ3) is 5.02. The summed E-state index contributed by atoms with van der Waals surface area (Å²) in [5.41, 5.74) is 1.48. The summed E-state index contributed by atoms with van der Waals surface area (Å²) in [6, 6.07) is 9.50. The molecule has 0 saturated carbocycles. The van der Waals surface area contributed by atoms with Crippen molar-refractivity contribution in [3.05, 3.63) is 88.3 Å². The van der Waals surface area contributed by atoms with Crippen LogP contribution in [0.3, 0.4) is 0 Å². The van der Waals surface area contributed by atoms with Crippen LogP contribution in [0.4, 0.5) is 17.6 Å². The smallest absolute Gasteiger partial charge is 0.368 e. The lowest BCUT2D eigenvalue weighted by molar-refractivity contribution is -0.137. The van der Waals surface area contributed by atoms with Gasteiger partial charge in [-0.2, -0.15) is 18.2 Å². The number of aromatic nitrogens is 2. The fourth-order valence-corrected chi connectivity index (χ4v) is 5.27. The molecule has 6 nitrogen and oxygen atoms in total. The van der Waals surface area contributed by atoms with Gasteiger partial charge in [-0.05, 0) is 62.6 Å². The van der Waals surface area contributed by atoms with Gasteiger partial charge in [0.1, 0.15) is 5.82 Å². The van der Waals surface area contributed by atoms with E-state index in [2.05, 4.69) is 10.1 Å². The van der Waals surface area contributed by atoms with E-state index >= 15 is 0 Å². The second kappa shape index (κ2) is 9.41. The van der Waals surface area contributed by atoms with Crippen molar-refractivity contribution in [2.75, 3.05) is 6.54 Å². The highest BCUT2D eigenvalue weighted by molar-refractivity contribution is 5.97. The molecule has 194 valence electrons. The van der Waals surface area contributed by atoms with E-state index in [1.807, 2.05) is 0 Å². The maximum Gasteiger partial charge on any atom is 0.416 e. The highest BCUT2D eigenvalue weighted by Gasteiger charge is 2.48. The molecule has 2 aliphatic heterocycles. The van der Waals surface area contributed by atoms with Crippen LogP contribution in [-0.4, -0.2) is 39.6 Å². The van der Waals surface area contributed by atoms with E-state index in [9.17, 15) is 22.4 Å². The molecule has 3 heterocycles. The Morgan fingerprint density at radius 1 is 1.14 bits per heavy atom. The van der Waals surface area contributed by atoms with Gasteiger partial charge in [-0.3, -0.25) is 4.79 Å². The van der Waals surface area contributed by atoms with Gasteiger partial charge in [-0.1, -0.05) is 28.9 Å². The van der Waals surface area contributed by atoms with E-state index in [0.29, 0.717) is 28.9 Å². The van der Waals surface area contributed by atoms with Crippen LogP contribution in [0.1, 0.15) is 59.3 Å². The van der Waals surface area contributed by atoms with E-state index in [4.69, 9.17) is 9.26 Å². The number of alkyl halides is 3. The summed E-state index contributed by atoms with van der Waals surface area (Å²) in [5.74, 6) is -0.292. The molecular weight excluding hydrogens is 490 g/mol. The summed E-state index contributed by atoms with van der Waals surface area (Å²) in [7, 11) is 0. The number of amides is 1. The van der Waals surface area contributed by atoms with Crippen LogP contribution in [0.25, 0.3) is 5.57 Å². The zero-order chi connectivity index (χ0) is 26.5. The summed E-state index contributed by atoms with van der Waals surface area (Å²) in [5, 5.41) is 3.81. The fraction of sp³-hybridized carbons (Fsp3) is 0.370. The number of hydrogen-bond donors (Lipinski definition) is 0. The molecule has 0 radical (unpaired) electrons. The third-order valence-corrected chi connectivity index (χ3v) is 6.93. The van der Waals surface area contributed by atoms with Gasteiger partial charge in [0.2, 0.25) is 5.91 Å². The predicted octanol–water partition coefficient (Wildman–Crippen LogP) is 5.77. The Bertz CT molecular complexity index is 1350. The molecule has 2 aromatic carbocycles. The van der Waals surface area contributed by atoms with Crippen LogP contribution >= 0.6 is 0 Å². The average Bonchev–Trinajstić information content (AvgIpc) is 3.42. The number of halogens is 4. The zero-order valence-corrected chi connectivity index (χ0v) is 20.4. The van der Waals surface area contributed by atoms with Crippen LogP contribution in [0.2, 0.25) is 0 Å². The van der Waals surface area contributed by atoms with Gasteiger partial charge in [0, 0.05) is 30.2 Å². The minimum absolute atomic E-state index is 0.237. The van der Waals surface area contributed by atoms with Crippen molar-refractivity contribution in [1.29, 1.82) is 0 Å². The Kier molecular flexibility index (Phi) is 6.39. The number of carbonyl (C=O) groups is 1. The van der Waals surface area contributed by atoms with Crippen LogP contribution < -0.4 is 0 Å². The molecule has 0 bridgehead atoms. The van der Waals surface area contributed by atoms with Crippen molar-refractivity contribution in [2.45, 2.75) is 57.5 Å². The normalized spacial score (nSPS) is 22.7. The van der Waals surface area contributed by atoms with E-state index in [-0.39, 0.29) is 30.3 Å². The molecule has 4 atom stereocenters. The lowest BCUT2D eigenvalue weighted by Gasteiger charge is -2.31. The molecule has 1 saturated heterocycles. The van der Waals surface area contributed by atoms with E-state index < -0.39 is 29.8 Å². The van der Waals surface area contributed by atoms with Gasteiger partial charge >= 0.3 is 6.18 Å². The van der Waals surface area contributed by atoms with Crippen molar-refractivity contribution < 1.29 is 31.6 Å².